The average Bonchev–Trinajstić information content (AvgIpc) is 2.56. The average molecular weight is 172 g/mol. The molecule has 2 rings (SSSR count). The number of aryl methyl sites for hydroxylation is 2. The van der Waals surface area contributed by atoms with Crippen molar-refractivity contribution < 1.29 is 0 Å². The van der Waals surface area contributed by atoms with Crippen LogP contribution >= 0.6 is 0 Å². The molecule has 0 bridgehead atoms. The third-order valence-electron chi connectivity index (χ3n) is 2.17. The number of rotatable bonds is 1. The van der Waals surface area contributed by atoms with E-state index in [9.17, 15) is 0 Å². The highest BCUT2D eigenvalue weighted by Gasteiger charge is 2.01. The van der Waals surface area contributed by atoms with Crippen molar-refractivity contribution in [1.29, 1.82) is 0 Å². The summed E-state index contributed by atoms with van der Waals surface area (Å²) in [5, 5.41) is 0. The van der Waals surface area contributed by atoms with Gasteiger partial charge in [0.2, 0.25) is 0 Å². The van der Waals surface area contributed by atoms with Crippen LogP contribution in [0.25, 0.3) is 11.3 Å². The van der Waals surface area contributed by atoms with E-state index < -0.39 is 0 Å². The summed E-state index contributed by atoms with van der Waals surface area (Å²) >= 11 is 0. The van der Waals surface area contributed by atoms with E-state index in [0.717, 1.165) is 5.69 Å². The Hall–Kier alpha value is -1.57. The molecule has 66 valence electrons. The summed E-state index contributed by atoms with van der Waals surface area (Å²) in [5.74, 6) is 0. The topological polar surface area (TPSA) is 28.7 Å². The maximum atomic E-state index is 4.01. The van der Waals surface area contributed by atoms with Gasteiger partial charge in [-0.1, -0.05) is 23.8 Å². The Morgan fingerprint density at radius 3 is 2.69 bits per heavy atom. The predicted octanol–water partition coefficient (Wildman–Crippen LogP) is 2.69. The van der Waals surface area contributed by atoms with Crippen molar-refractivity contribution in [2.45, 2.75) is 13.8 Å². The fourth-order valence-corrected chi connectivity index (χ4v) is 1.52. The van der Waals surface area contributed by atoms with Crippen molar-refractivity contribution in [3.63, 3.8) is 0 Å². The largest absolute Gasteiger partial charge is 0.345 e. The summed E-state index contributed by atoms with van der Waals surface area (Å²) in [7, 11) is 0. The minimum atomic E-state index is 1.08. The molecule has 0 aliphatic carbocycles. The number of nitrogens with zero attached hydrogens (tertiary/aromatic N) is 1. The minimum Gasteiger partial charge on any atom is -0.345 e. The van der Waals surface area contributed by atoms with Crippen LogP contribution in [0.2, 0.25) is 0 Å². The van der Waals surface area contributed by atoms with Crippen molar-refractivity contribution in [2.75, 3.05) is 0 Å². The lowest BCUT2D eigenvalue weighted by atomic mass is 10.0. The summed E-state index contributed by atoms with van der Waals surface area (Å²) in [5.41, 5.74) is 4.88. The molecule has 0 aliphatic heterocycles. The Morgan fingerprint density at radius 1 is 1.23 bits per heavy atom. The molecule has 2 aromatic rings. The van der Waals surface area contributed by atoms with E-state index in [-0.39, 0.29) is 0 Å². The summed E-state index contributed by atoms with van der Waals surface area (Å²) in [4.78, 5) is 7.11. The van der Waals surface area contributed by atoms with Gasteiger partial charge >= 0.3 is 0 Å². The van der Waals surface area contributed by atoms with Gasteiger partial charge in [-0.15, -0.1) is 0 Å². The molecule has 1 heterocycles. The second kappa shape index (κ2) is 3.05. The van der Waals surface area contributed by atoms with Crippen LogP contribution in [0.1, 0.15) is 11.1 Å². The van der Waals surface area contributed by atoms with E-state index >= 15 is 0 Å². The molecule has 0 unspecified atom stereocenters. The number of hydrogen-bond donors (Lipinski definition) is 1. The predicted molar refractivity (Wildman–Crippen MR) is 53.5 cm³/mol. The fourth-order valence-electron chi connectivity index (χ4n) is 1.52. The highest BCUT2D eigenvalue weighted by Crippen LogP contribution is 2.21. The van der Waals surface area contributed by atoms with E-state index in [0.29, 0.717) is 0 Å². The molecule has 2 heteroatoms. The number of nitrogens with one attached hydrogen (secondary N) is 1. The molecule has 0 atom stereocenters. The van der Waals surface area contributed by atoms with Gasteiger partial charge in [0.25, 0.3) is 0 Å². The van der Waals surface area contributed by atoms with Crippen molar-refractivity contribution >= 4 is 0 Å². The van der Waals surface area contributed by atoms with E-state index in [4.69, 9.17) is 0 Å². The second-order valence-electron chi connectivity index (χ2n) is 3.28. The van der Waals surface area contributed by atoms with E-state index in [1.54, 1.807) is 6.33 Å². The van der Waals surface area contributed by atoms with Crippen LogP contribution in [0.15, 0.2) is 30.7 Å². The van der Waals surface area contributed by atoms with Crippen LogP contribution in [-0.4, -0.2) is 9.97 Å². The zero-order valence-electron chi connectivity index (χ0n) is 7.83. The number of aromatic amines is 1. The fraction of sp³-hybridized carbons (Fsp3) is 0.182. The third-order valence-corrected chi connectivity index (χ3v) is 2.17. The Labute approximate surface area is 77.6 Å². The smallest absolute Gasteiger partial charge is 0.0924 e. The Kier molecular flexibility index (Phi) is 1.89. The molecule has 0 radical (unpaired) electrons. The lowest BCUT2D eigenvalue weighted by Gasteiger charge is -2.03. The van der Waals surface area contributed by atoms with Crippen LogP contribution in [-0.2, 0) is 0 Å². The van der Waals surface area contributed by atoms with Gasteiger partial charge in [0.05, 0.1) is 18.2 Å². The Morgan fingerprint density at radius 2 is 2.08 bits per heavy atom. The first-order valence-corrected chi connectivity index (χ1v) is 4.33. The van der Waals surface area contributed by atoms with Crippen LogP contribution in [0, 0.1) is 13.8 Å². The molecule has 0 amide bonds. The Balaban J connectivity index is 2.53. The second-order valence-corrected chi connectivity index (χ2v) is 3.28. The van der Waals surface area contributed by atoms with Crippen LogP contribution in [0.3, 0.4) is 0 Å². The molecule has 2 nitrogen and oxygen atoms in total. The van der Waals surface area contributed by atoms with E-state index in [2.05, 4.69) is 42.0 Å². The SMILES string of the molecule is Cc1ccc(-c2cnc[nH]2)c(C)c1. The maximum Gasteiger partial charge on any atom is 0.0924 e. The third kappa shape index (κ3) is 1.47. The van der Waals surface area contributed by atoms with Gasteiger partial charge in [-0.25, -0.2) is 4.98 Å². The maximum absolute atomic E-state index is 4.01. The first-order chi connectivity index (χ1) is 6.27. The standard InChI is InChI=1S/C11H12N2/c1-8-3-4-10(9(2)5-8)11-6-12-7-13-11/h3-7H,1-2H3,(H,12,13). The number of hydrogen-bond acceptors (Lipinski definition) is 1. The normalized spacial score (nSPS) is 10.3. The molecule has 0 aliphatic rings. The van der Waals surface area contributed by atoms with Crippen molar-refractivity contribution in [1.82, 2.24) is 9.97 Å². The highest BCUT2D eigenvalue weighted by molar-refractivity contribution is 5.62. The number of aromatic nitrogens is 2. The van der Waals surface area contributed by atoms with Gasteiger partial charge < -0.3 is 4.98 Å². The number of imidazole rings is 1. The molecular formula is C11H12N2. The zero-order valence-corrected chi connectivity index (χ0v) is 7.83. The van der Waals surface area contributed by atoms with Crippen LogP contribution < -0.4 is 0 Å². The van der Waals surface area contributed by atoms with Gasteiger partial charge in [-0.05, 0) is 19.4 Å². The number of H-pyrrole nitrogens is 1. The number of benzene rings is 1. The van der Waals surface area contributed by atoms with Gasteiger partial charge in [-0.2, -0.15) is 0 Å². The lowest BCUT2D eigenvalue weighted by molar-refractivity contribution is 1.30. The van der Waals surface area contributed by atoms with Gasteiger partial charge in [-0.3, -0.25) is 0 Å². The molecule has 0 spiro atoms. The minimum absolute atomic E-state index is 1.08. The van der Waals surface area contributed by atoms with Gasteiger partial charge in [0.1, 0.15) is 0 Å². The zero-order chi connectivity index (χ0) is 9.26. The quantitative estimate of drug-likeness (QED) is 0.704. The first kappa shape index (κ1) is 8.05. The van der Waals surface area contributed by atoms with Crippen molar-refractivity contribution in [3.8, 4) is 11.3 Å². The molecule has 0 saturated carbocycles. The summed E-state index contributed by atoms with van der Waals surface area (Å²) in [6.07, 6.45) is 3.55. The molecule has 1 aromatic carbocycles. The van der Waals surface area contributed by atoms with Crippen LogP contribution in [0.5, 0.6) is 0 Å². The van der Waals surface area contributed by atoms with Gasteiger partial charge in [0.15, 0.2) is 0 Å². The van der Waals surface area contributed by atoms with E-state index in [1.807, 2.05) is 6.20 Å². The summed E-state index contributed by atoms with van der Waals surface area (Å²) < 4.78 is 0. The monoisotopic (exact) mass is 172 g/mol. The van der Waals surface area contributed by atoms with Crippen molar-refractivity contribution in [2.24, 2.45) is 0 Å². The molecule has 1 N–H and O–H groups in total. The summed E-state index contributed by atoms with van der Waals surface area (Å²) in [6.45, 7) is 4.22. The molecule has 0 saturated heterocycles. The molecular weight excluding hydrogens is 160 g/mol. The summed E-state index contributed by atoms with van der Waals surface area (Å²) in [6, 6.07) is 6.41. The first-order valence-electron chi connectivity index (χ1n) is 4.33. The Bertz CT molecular complexity index is 402. The molecule has 0 fully saturated rings. The van der Waals surface area contributed by atoms with Crippen LogP contribution in [0.4, 0.5) is 0 Å². The molecule has 1 aromatic heterocycles. The van der Waals surface area contributed by atoms with Gasteiger partial charge in [0, 0.05) is 5.56 Å². The van der Waals surface area contributed by atoms with E-state index in [1.165, 1.54) is 16.7 Å². The van der Waals surface area contributed by atoms with Crippen molar-refractivity contribution in [3.05, 3.63) is 41.9 Å². The highest BCUT2D eigenvalue weighted by atomic mass is 14.9. The lowest BCUT2D eigenvalue weighted by Crippen LogP contribution is -1.83. The molecule has 13 heavy (non-hydrogen) atoms.